The Morgan fingerprint density at radius 1 is 1.21 bits per heavy atom. The second-order valence-corrected chi connectivity index (χ2v) is 8.54. The molecule has 1 amide bonds. The van der Waals surface area contributed by atoms with E-state index in [2.05, 4.69) is 15.4 Å². The molecular formula is C24H27F3N4O2. The van der Waals surface area contributed by atoms with Crippen molar-refractivity contribution in [2.24, 2.45) is 7.05 Å². The smallest absolute Gasteiger partial charge is 0.417 e. The molecule has 6 nitrogen and oxygen atoms in total. The van der Waals surface area contributed by atoms with Gasteiger partial charge in [0.25, 0.3) is 5.91 Å². The summed E-state index contributed by atoms with van der Waals surface area (Å²) in [5, 5.41) is 7.23. The molecule has 1 aromatic carbocycles. The molecule has 4 rings (SSSR count). The number of rotatable bonds is 6. The first kappa shape index (κ1) is 23.1. The van der Waals surface area contributed by atoms with E-state index in [1.165, 1.54) is 4.68 Å². The van der Waals surface area contributed by atoms with Gasteiger partial charge in [-0.15, -0.1) is 0 Å². The summed E-state index contributed by atoms with van der Waals surface area (Å²) in [4.78, 5) is 16.6. The van der Waals surface area contributed by atoms with Crippen molar-refractivity contribution < 1.29 is 22.7 Å². The van der Waals surface area contributed by atoms with Crippen LogP contribution in [0, 0.1) is 0 Å². The van der Waals surface area contributed by atoms with Gasteiger partial charge in [-0.25, -0.2) is 0 Å². The summed E-state index contributed by atoms with van der Waals surface area (Å²) in [7, 11) is 1.58. The van der Waals surface area contributed by atoms with Crippen molar-refractivity contribution in [1.82, 2.24) is 20.1 Å². The highest BCUT2D eigenvalue weighted by Crippen LogP contribution is 2.42. The Hall–Kier alpha value is -3.10. The number of pyridine rings is 1. The highest BCUT2D eigenvalue weighted by Gasteiger charge is 2.37. The average molecular weight is 461 g/mol. The zero-order valence-corrected chi connectivity index (χ0v) is 18.7. The predicted molar refractivity (Wildman–Crippen MR) is 118 cm³/mol. The fourth-order valence-electron chi connectivity index (χ4n) is 4.46. The molecule has 2 heterocycles. The van der Waals surface area contributed by atoms with Gasteiger partial charge in [0, 0.05) is 19.0 Å². The van der Waals surface area contributed by atoms with Crippen molar-refractivity contribution in [3.63, 3.8) is 0 Å². The first-order chi connectivity index (χ1) is 15.7. The molecule has 1 fully saturated rings. The van der Waals surface area contributed by atoms with E-state index >= 15 is 0 Å². The van der Waals surface area contributed by atoms with Crippen molar-refractivity contribution in [2.45, 2.75) is 57.2 Å². The first-order valence-electron chi connectivity index (χ1n) is 11.2. The highest BCUT2D eigenvalue weighted by molar-refractivity contribution is 5.84. The number of fused-ring (bicyclic) bond motifs is 1. The monoisotopic (exact) mass is 460 g/mol. The number of aromatic nitrogens is 3. The Morgan fingerprint density at radius 2 is 1.91 bits per heavy atom. The van der Waals surface area contributed by atoms with Crippen LogP contribution in [0.1, 0.15) is 67.8 Å². The van der Waals surface area contributed by atoms with E-state index in [4.69, 9.17) is 4.74 Å². The van der Waals surface area contributed by atoms with Gasteiger partial charge in [0.15, 0.2) is 12.3 Å². The molecule has 0 radical (unpaired) electrons. The van der Waals surface area contributed by atoms with Gasteiger partial charge in [-0.05, 0) is 25.3 Å². The Balaban J connectivity index is 1.57. The van der Waals surface area contributed by atoms with Gasteiger partial charge in [-0.1, -0.05) is 49.6 Å². The molecule has 1 aliphatic rings. The van der Waals surface area contributed by atoms with Crippen LogP contribution in [0.25, 0.3) is 11.0 Å². The maximum absolute atomic E-state index is 14.0. The lowest BCUT2D eigenvalue weighted by Crippen LogP contribution is -2.31. The van der Waals surface area contributed by atoms with Gasteiger partial charge < -0.3 is 10.1 Å². The Kier molecular flexibility index (Phi) is 6.58. The minimum absolute atomic E-state index is 0.0117. The molecule has 176 valence electrons. The van der Waals surface area contributed by atoms with E-state index in [9.17, 15) is 18.0 Å². The lowest BCUT2D eigenvalue weighted by Gasteiger charge is -2.21. The number of ether oxygens (including phenoxy) is 1. The van der Waals surface area contributed by atoms with E-state index in [-0.39, 0.29) is 28.9 Å². The van der Waals surface area contributed by atoms with Gasteiger partial charge in [-0.3, -0.25) is 9.48 Å². The Morgan fingerprint density at radius 3 is 2.58 bits per heavy atom. The molecule has 2 aromatic heterocycles. The topological polar surface area (TPSA) is 69.0 Å². The maximum Gasteiger partial charge on any atom is 0.417 e. The maximum atomic E-state index is 14.0. The average Bonchev–Trinajstić information content (AvgIpc) is 3.14. The van der Waals surface area contributed by atoms with E-state index in [0.717, 1.165) is 43.7 Å². The number of carbonyl (C=O) groups excluding carboxylic acids is 1. The molecule has 0 saturated heterocycles. The number of amides is 1. The molecular weight excluding hydrogens is 433 g/mol. The Bertz CT molecular complexity index is 1120. The number of hydrogen-bond donors (Lipinski definition) is 1. The van der Waals surface area contributed by atoms with Crippen molar-refractivity contribution in [1.29, 1.82) is 0 Å². The lowest BCUT2D eigenvalue weighted by molar-refractivity contribution is -0.136. The van der Waals surface area contributed by atoms with Crippen LogP contribution in [0.3, 0.4) is 0 Å². The van der Waals surface area contributed by atoms with Crippen LogP contribution in [-0.2, 0) is 18.0 Å². The molecule has 33 heavy (non-hydrogen) atoms. The first-order valence-corrected chi connectivity index (χ1v) is 11.2. The van der Waals surface area contributed by atoms with E-state index < -0.39 is 24.3 Å². The van der Waals surface area contributed by atoms with E-state index in [0.29, 0.717) is 5.69 Å². The number of alkyl halides is 3. The fourth-order valence-corrected chi connectivity index (χ4v) is 4.46. The third-order valence-electron chi connectivity index (χ3n) is 6.12. The quantitative estimate of drug-likeness (QED) is 0.543. The number of halogens is 3. The molecule has 1 aliphatic carbocycles. The SMILES string of the molecule is C[C@H](NC(=O)COc1cc(C(F)(F)F)c2c(C3CCCCC3)nn(C)c2n1)c1ccccc1. The van der Waals surface area contributed by atoms with Crippen molar-refractivity contribution >= 4 is 16.9 Å². The largest absolute Gasteiger partial charge is 0.467 e. The molecule has 0 spiro atoms. The summed E-state index contributed by atoms with van der Waals surface area (Å²) in [6.07, 6.45) is 0.0950. The van der Waals surface area contributed by atoms with E-state index in [1.54, 1.807) is 7.05 Å². The molecule has 0 unspecified atom stereocenters. The summed E-state index contributed by atoms with van der Waals surface area (Å²) >= 11 is 0. The zero-order valence-electron chi connectivity index (χ0n) is 18.7. The third kappa shape index (κ3) is 5.12. The molecule has 1 atom stereocenters. The van der Waals surface area contributed by atoms with Crippen LogP contribution in [0.2, 0.25) is 0 Å². The fraction of sp³-hybridized carbons (Fsp3) is 0.458. The zero-order chi connectivity index (χ0) is 23.6. The second kappa shape index (κ2) is 9.41. The van der Waals surface area contributed by atoms with Crippen LogP contribution in [0.5, 0.6) is 5.88 Å². The van der Waals surface area contributed by atoms with Gasteiger partial charge in [0.2, 0.25) is 5.88 Å². The predicted octanol–water partition coefficient (Wildman–Crippen LogP) is 5.29. The number of nitrogens with one attached hydrogen (secondary N) is 1. The molecule has 0 aliphatic heterocycles. The Labute approximate surface area is 190 Å². The second-order valence-electron chi connectivity index (χ2n) is 8.54. The lowest BCUT2D eigenvalue weighted by atomic mass is 9.85. The van der Waals surface area contributed by atoms with Crippen LogP contribution in [-0.4, -0.2) is 27.3 Å². The normalized spacial score (nSPS) is 16.0. The number of aryl methyl sites for hydroxylation is 1. The number of nitrogens with zero attached hydrogens (tertiary/aromatic N) is 3. The summed E-state index contributed by atoms with van der Waals surface area (Å²) in [6.45, 7) is 1.38. The van der Waals surface area contributed by atoms with E-state index in [1.807, 2.05) is 37.3 Å². The van der Waals surface area contributed by atoms with Crippen LogP contribution >= 0.6 is 0 Å². The van der Waals surface area contributed by atoms with Crippen LogP contribution in [0.15, 0.2) is 36.4 Å². The van der Waals surface area contributed by atoms with Crippen molar-refractivity contribution in [3.05, 3.63) is 53.2 Å². The number of carbonyl (C=O) groups is 1. The minimum Gasteiger partial charge on any atom is -0.467 e. The van der Waals surface area contributed by atoms with Gasteiger partial charge in [0.1, 0.15) is 0 Å². The molecule has 9 heteroatoms. The highest BCUT2D eigenvalue weighted by atomic mass is 19.4. The number of hydrogen-bond acceptors (Lipinski definition) is 4. The minimum atomic E-state index is -4.60. The van der Waals surface area contributed by atoms with Gasteiger partial charge in [-0.2, -0.15) is 23.3 Å². The molecule has 1 saturated carbocycles. The summed E-state index contributed by atoms with van der Waals surface area (Å²) in [5.41, 5.74) is 0.649. The van der Waals surface area contributed by atoms with Crippen molar-refractivity contribution in [2.75, 3.05) is 6.61 Å². The van der Waals surface area contributed by atoms with Crippen LogP contribution in [0.4, 0.5) is 13.2 Å². The van der Waals surface area contributed by atoms with Crippen molar-refractivity contribution in [3.8, 4) is 5.88 Å². The molecule has 3 aromatic rings. The third-order valence-corrected chi connectivity index (χ3v) is 6.12. The standard InChI is InChI=1S/C24H27F3N4O2/c1-15(16-9-5-3-6-10-16)28-19(32)14-33-20-13-18(24(25,26)27)21-22(17-11-7-4-8-12-17)30-31(2)23(21)29-20/h3,5-6,9-10,13,15,17H,4,7-8,11-12,14H2,1-2H3,(H,28,32)/t15-/m0/s1. The molecule has 0 bridgehead atoms. The van der Waals surface area contributed by atoms with Crippen LogP contribution < -0.4 is 10.1 Å². The van der Waals surface area contributed by atoms with Gasteiger partial charge >= 0.3 is 6.18 Å². The summed E-state index contributed by atoms with van der Waals surface area (Å²) < 4.78 is 48.8. The number of benzene rings is 1. The van der Waals surface area contributed by atoms with Gasteiger partial charge in [0.05, 0.1) is 22.7 Å². The summed E-state index contributed by atoms with van der Waals surface area (Å²) in [5.74, 6) is -0.715. The molecule has 1 N–H and O–H groups in total. The summed E-state index contributed by atoms with van der Waals surface area (Å²) in [6, 6.07) is 9.97.